The lowest BCUT2D eigenvalue weighted by Gasteiger charge is -2.53. The maximum atomic E-state index is 12.7. The Labute approximate surface area is 258 Å². The van der Waals surface area contributed by atoms with Crippen LogP contribution in [0.5, 0.6) is 0 Å². The van der Waals surface area contributed by atoms with Gasteiger partial charge in [0.15, 0.2) is 0 Å². The van der Waals surface area contributed by atoms with E-state index >= 15 is 0 Å². The zero-order chi connectivity index (χ0) is 31.0. The second-order valence-corrected chi connectivity index (χ2v) is 14.9. The van der Waals surface area contributed by atoms with Crippen molar-refractivity contribution in [2.24, 2.45) is 10.8 Å². The van der Waals surface area contributed by atoms with E-state index in [1.807, 2.05) is 32.9 Å². The predicted molar refractivity (Wildman–Crippen MR) is 173 cm³/mol. The number of benzene rings is 2. The van der Waals surface area contributed by atoms with Gasteiger partial charge in [-0.2, -0.15) is 0 Å². The van der Waals surface area contributed by atoms with Gasteiger partial charge in [-0.1, -0.05) is 81.0 Å². The Morgan fingerprint density at radius 3 is 2.21 bits per heavy atom. The van der Waals surface area contributed by atoms with E-state index in [4.69, 9.17) is 4.74 Å². The lowest BCUT2D eigenvalue weighted by molar-refractivity contribution is -0.155. The predicted octanol–water partition coefficient (Wildman–Crippen LogP) is 8.45. The average Bonchev–Trinajstić information content (AvgIpc) is 2.95. The van der Waals surface area contributed by atoms with Crippen molar-refractivity contribution >= 4 is 17.5 Å². The SMILES string of the molecule is CC(C)(C)OC(=O)CCC1(c2ccccc2)CCC(N2CC=C3C(C)(C)C(c4ccc(C(=O)O)cc4)=CC[C@]3(C)C2)CC1. The monoisotopic (exact) mass is 583 g/mol. The highest BCUT2D eigenvalue weighted by molar-refractivity contribution is 5.88. The van der Waals surface area contributed by atoms with Crippen LogP contribution in [0.4, 0.5) is 0 Å². The zero-order valence-corrected chi connectivity index (χ0v) is 26.9. The lowest BCUT2D eigenvalue weighted by Crippen LogP contribution is -2.51. The van der Waals surface area contributed by atoms with Crippen molar-refractivity contribution in [3.05, 3.63) is 89.0 Å². The summed E-state index contributed by atoms with van der Waals surface area (Å²) in [5.41, 5.74) is 5.07. The van der Waals surface area contributed by atoms with Crippen LogP contribution in [0.25, 0.3) is 5.57 Å². The molecule has 5 nitrogen and oxygen atoms in total. The normalized spacial score (nSPS) is 27.4. The van der Waals surface area contributed by atoms with Gasteiger partial charge < -0.3 is 9.84 Å². The summed E-state index contributed by atoms with van der Waals surface area (Å²) in [6, 6.07) is 18.7. The van der Waals surface area contributed by atoms with Crippen LogP contribution >= 0.6 is 0 Å². The van der Waals surface area contributed by atoms with Crippen LogP contribution in [0.3, 0.4) is 0 Å². The first-order valence-electron chi connectivity index (χ1n) is 16.0. The van der Waals surface area contributed by atoms with Crippen LogP contribution in [-0.4, -0.2) is 46.7 Å². The molecule has 1 N–H and O–H groups in total. The Bertz CT molecular complexity index is 1390. The summed E-state index contributed by atoms with van der Waals surface area (Å²) >= 11 is 0. The summed E-state index contributed by atoms with van der Waals surface area (Å²) in [7, 11) is 0. The van der Waals surface area contributed by atoms with Gasteiger partial charge in [-0.25, -0.2) is 4.79 Å². The van der Waals surface area contributed by atoms with Crippen LogP contribution < -0.4 is 0 Å². The second-order valence-electron chi connectivity index (χ2n) is 14.9. The molecule has 230 valence electrons. The van der Waals surface area contributed by atoms with Crippen molar-refractivity contribution in [1.29, 1.82) is 0 Å². The minimum Gasteiger partial charge on any atom is -0.478 e. The van der Waals surface area contributed by atoms with E-state index in [-0.39, 0.29) is 22.2 Å². The molecule has 0 amide bonds. The molecule has 0 aromatic heterocycles. The van der Waals surface area contributed by atoms with Crippen LogP contribution in [0.1, 0.15) is 108 Å². The van der Waals surface area contributed by atoms with E-state index in [0.29, 0.717) is 18.0 Å². The first-order valence-corrected chi connectivity index (χ1v) is 16.0. The van der Waals surface area contributed by atoms with Crippen LogP contribution in [0, 0.1) is 10.8 Å². The van der Waals surface area contributed by atoms with Gasteiger partial charge in [-0.15, -0.1) is 0 Å². The fourth-order valence-corrected chi connectivity index (χ4v) is 8.24. The Hall–Kier alpha value is -3.18. The number of fused-ring (bicyclic) bond motifs is 1. The number of allylic oxidation sites excluding steroid dienone is 2. The number of nitrogens with zero attached hydrogens (tertiary/aromatic N) is 1. The van der Waals surface area contributed by atoms with Gasteiger partial charge in [-0.3, -0.25) is 9.69 Å². The van der Waals surface area contributed by atoms with Gasteiger partial charge in [0.25, 0.3) is 0 Å². The number of hydrogen-bond donors (Lipinski definition) is 1. The summed E-state index contributed by atoms with van der Waals surface area (Å²) in [5.74, 6) is -0.991. The van der Waals surface area contributed by atoms with Crippen molar-refractivity contribution in [2.45, 2.75) is 104 Å². The number of hydrogen-bond acceptors (Lipinski definition) is 4. The number of carboxylic acids is 1. The number of carbonyl (C=O) groups is 2. The number of carbonyl (C=O) groups excluding carboxylic acids is 1. The molecule has 3 aliphatic rings. The molecule has 43 heavy (non-hydrogen) atoms. The first-order chi connectivity index (χ1) is 20.2. The summed E-state index contributed by atoms with van der Waals surface area (Å²) in [6.07, 6.45) is 11.6. The molecular weight excluding hydrogens is 534 g/mol. The van der Waals surface area contributed by atoms with E-state index in [1.54, 1.807) is 12.1 Å². The third-order valence-electron chi connectivity index (χ3n) is 10.3. The quantitative estimate of drug-likeness (QED) is 0.262. The van der Waals surface area contributed by atoms with Crippen LogP contribution in [0.2, 0.25) is 0 Å². The number of carboxylic acid groups (broad SMARTS) is 1. The molecule has 2 aromatic carbocycles. The summed E-state index contributed by atoms with van der Waals surface area (Å²) < 4.78 is 5.67. The average molecular weight is 584 g/mol. The minimum absolute atomic E-state index is 0.00993. The molecule has 0 unspecified atom stereocenters. The second kappa shape index (κ2) is 11.7. The van der Waals surface area contributed by atoms with E-state index in [0.717, 1.165) is 57.2 Å². The van der Waals surface area contributed by atoms with E-state index in [2.05, 4.69) is 68.2 Å². The molecule has 1 fully saturated rings. The maximum Gasteiger partial charge on any atom is 0.335 e. The standard InChI is InChI=1S/C38H49NO4/c1-35(2,3)43-33(40)19-24-38(29-10-8-7-9-11-29)22-16-30(17-23-38)39-25-20-32-36(4,5)31(18-21-37(32,6)26-39)27-12-14-28(15-13-27)34(41)42/h7-15,18,20,30H,16-17,19,21-26H2,1-6H3,(H,41,42)/t30?,37-,38?/m1/s1. The molecule has 5 rings (SSSR count). The van der Waals surface area contributed by atoms with E-state index < -0.39 is 11.6 Å². The third-order valence-corrected chi connectivity index (χ3v) is 10.3. The van der Waals surface area contributed by atoms with Gasteiger partial charge in [0.2, 0.25) is 0 Å². The Morgan fingerprint density at radius 2 is 1.60 bits per heavy atom. The highest BCUT2D eigenvalue weighted by Gasteiger charge is 2.47. The summed E-state index contributed by atoms with van der Waals surface area (Å²) in [5, 5.41) is 9.33. The van der Waals surface area contributed by atoms with Crippen molar-refractivity contribution in [1.82, 2.24) is 4.90 Å². The summed E-state index contributed by atoms with van der Waals surface area (Å²) in [6.45, 7) is 14.9. The van der Waals surface area contributed by atoms with Crippen molar-refractivity contribution in [3.63, 3.8) is 0 Å². The van der Waals surface area contributed by atoms with Gasteiger partial charge >= 0.3 is 11.9 Å². The molecule has 0 saturated heterocycles. The lowest BCUT2D eigenvalue weighted by atomic mass is 9.58. The summed E-state index contributed by atoms with van der Waals surface area (Å²) in [4.78, 5) is 26.8. The Morgan fingerprint density at radius 1 is 0.953 bits per heavy atom. The molecule has 1 aliphatic heterocycles. The molecule has 1 atom stereocenters. The van der Waals surface area contributed by atoms with Gasteiger partial charge in [0.05, 0.1) is 5.56 Å². The molecule has 5 heteroatoms. The van der Waals surface area contributed by atoms with Crippen molar-refractivity contribution in [2.75, 3.05) is 13.1 Å². The van der Waals surface area contributed by atoms with E-state index in [9.17, 15) is 14.7 Å². The molecule has 2 aromatic rings. The molecule has 0 radical (unpaired) electrons. The Kier molecular flexibility index (Phi) is 8.52. The molecule has 2 aliphatic carbocycles. The molecule has 1 heterocycles. The smallest absolute Gasteiger partial charge is 0.335 e. The molecule has 0 bridgehead atoms. The van der Waals surface area contributed by atoms with Gasteiger partial charge in [0, 0.05) is 36.4 Å². The molecule has 0 spiro atoms. The van der Waals surface area contributed by atoms with Gasteiger partial charge in [-0.05, 0) is 93.5 Å². The fraction of sp³-hybridized carbons (Fsp3) is 0.526. The highest BCUT2D eigenvalue weighted by Crippen LogP contribution is 2.56. The first kappa shape index (κ1) is 31.3. The third kappa shape index (κ3) is 6.52. The zero-order valence-electron chi connectivity index (χ0n) is 26.9. The van der Waals surface area contributed by atoms with Gasteiger partial charge in [0.1, 0.15) is 5.60 Å². The van der Waals surface area contributed by atoms with Crippen molar-refractivity contribution < 1.29 is 19.4 Å². The number of ether oxygens (including phenoxy) is 1. The highest BCUT2D eigenvalue weighted by atomic mass is 16.6. The largest absolute Gasteiger partial charge is 0.478 e. The number of esters is 1. The Balaban J connectivity index is 1.29. The fourth-order valence-electron chi connectivity index (χ4n) is 8.24. The molecule has 1 saturated carbocycles. The topological polar surface area (TPSA) is 66.8 Å². The molecular formula is C38H49NO4. The number of rotatable bonds is 7. The van der Waals surface area contributed by atoms with Crippen LogP contribution in [0.15, 0.2) is 72.3 Å². The van der Waals surface area contributed by atoms with E-state index in [1.165, 1.54) is 16.7 Å². The number of aromatic carboxylic acids is 1. The van der Waals surface area contributed by atoms with Crippen molar-refractivity contribution in [3.8, 4) is 0 Å². The maximum absolute atomic E-state index is 12.7. The minimum atomic E-state index is -0.891. The van der Waals surface area contributed by atoms with Crippen LogP contribution in [-0.2, 0) is 14.9 Å².